The molecule has 0 saturated heterocycles. The molecule has 4 nitrogen and oxygen atoms in total. The van der Waals surface area contributed by atoms with Gasteiger partial charge in [-0.15, -0.1) is 0 Å². The molecule has 0 N–H and O–H groups in total. The van der Waals surface area contributed by atoms with Crippen LogP contribution in [0.1, 0.15) is 66.5 Å². The quantitative estimate of drug-likeness (QED) is 0.177. The second-order valence-corrected chi connectivity index (χ2v) is 12.8. The van der Waals surface area contributed by atoms with Crippen LogP contribution in [0.15, 0.2) is 115 Å². The Balaban J connectivity index is 1.27. The minimum Gasteiger partial charge on any atom is -0.308 e. The first-order valence-electron chi connectivity index (χ1n) is 17.2. The Morgan fingerprint density at radius 1 is 0.750 bits per heavy atom. The van der Waals surface area contributed by atoms with E-state index in [2.05, 4.69) is 151 Å². The van der Waals surface area contributed by atoms with Gasteiger partial charge in [0.25, 0.3) is 0 Å². The van der Waals surface area contributed by atoms with Gasteiger partial charge in [-0.1, -0.05) is 79.8 Å². The molecule has 6 aromatic rings. The van der Waals surface area contributed by atoms with Crippen molar-refractivity contribution in [3.63, 3.8) is 0 Å². The molecule has 2 aliphatic carbocycles. The Hall–Kier alpha value is -5.48. The van der Waals surface area contributed by atoms with Gasteiger partial charge < -0.3 is 4.57 Å². The molecule has 0 bridgehead atoms. The lowest BCUT2D eigenvalue weighted by Crippen LogP contribution is -2.04. The molecule has 0 aliphatic heterocycles. The second kappa shape index (κ2) is 12.6. The average molecular weight is 625 g/mol. The lowest BCUT2D eigenvalue weighted by atomic mass is 9.91. The Morgan fingerprint density at radius 2 is 1.54 bits per heavy atom. The second-order valence-electron chi connectivity index (χ2n) is 12.8. The topological polar surface area (TPSA) is 35.6 Å². The molecule has 3 aromatic heterocycles. The molecule has 4 heteroatoms. The molecule has 8 rings (SSSR count). The summed E-state index contributed by atoms with van der Waals surface area (Å²) in [7, 11) is 0. The van der Waals surface area contributed by atoms with Crippen LogP contribution in [-0.4, -0.2) is 19.1 Å². The fourth-order valence-electron chi connectivity index (χ4n) is 7.35. The minimum absolute atomic E-state index is 0.865. The van der Waals surface area contributed by atoms with Crippen LogP contribution in [0.25, 0.3) is 62.5 Å². The summed E-state index contributed by atoms with van der Waals surface area (Å²) in [5.41, 5.74) is 16.5. The van der Waals surface area contributed by atoms with Gasteiger partial charge in [-0.2, -0.15) is 0 Å². The Labute approximate surface area is 283 Å². The van der Waals surface area contributed by atoms with Crippen LogP contribution in [0.5, 0.6) is 0 Å². The third kappa shape index (κ3) is 5.28. The van der Waals surface area contributed by atoms with E-state index in [1.165, 1.54) is 50.3 Å². The number of aromatic nitrogens is 4. The zero-order valence-electron chi connectivity index (χ0n) is 27.9. The van der Waals surface area contributed by atoms with Gasteiger partial charge in [0.05, 0.1) is 5.69 Å². The van der Waals surface area contributed by atoms with Gasteiger partial charge in [0.1, 0.15) is 11.3 Å². The van der Waals surface area contributed by atoms with Gasteiger partial charge in [0.2, 0.25) is 0 Å². The van der Waals surface area contributed by atoms with E-state index in [0.717, 1.165) is 66.0 Å². The van der Waals surface area contributed by atoms with E-state index in [-0.39, 0.29) is 0 Å². The highest BCUT2D eigenvalue weighted by Crippen LogP contribution is 2.37. The molecular formula is C44H40N4. The van der Waals surface area contributed by atoms with Crippen molar-refractivity contribution < 1.29 is 0 Å². The van der Waals surface area contributed by atoms with Crippen LogP contribution in [-0.2, 0) is 6.42 Å². The highest BCUT2D eigenvalue weighted by atomic mass is 15.1. The Bertz CT molecular complexity index is 2290. The van der Waals surface area contributed by atoms with E-state index < -0.39 is 0 Å². The normalized spacial score (nSPS) is 14.2. The maximum atomic E-state index is 5.19. The molecule has 0 unspecified atom stereocenters. The monoisotopic (exact) mass is 624 g/mol. The number of allylic oxidation sites excluding steroid dienone is 6. The lowest BCUT2D eigenvalue weighted by molar-refractivity contribution is 0.953. The number of pyridine rings is 1. The van der Waals surface area contributed by atoms with Gasteiger partial charge in [0, 0.05) is 23.3 Å². The maximum Gasteiger partial charge on any atom is 0.166 e. The first kappa shape index (κ1) is 29.9. The molecule has 48 heavy (non-hydrogen) atoms. The van der Waals surface area contributed by atoms with Crippen molar-refractivity contribution in [3.05, 3.63) is 149 Å². The van der Waals surface area contributed by atoms with E-state index in [4.69, 9.17) is 9.97 Å². The number of rotatable bonds is 7. The summed E-state index contributed by atoms with van der Waals surface area (Å²) in [6, 6.07) is 28.6. The standard InChI is InChI=1S/C44H40N4/c1-4-5-22-40-30(2)39-21-12-13-23-41(39)48(40)42-24-25-45-44-43(42)46-31(3)47(44)38-20-14-19-34(29-38)37-27-35(32-15-8-6-9-16-32)26-36(28-37)33-17-10-7-11-18-33/h5-6,8-10,13-20,22-29H,4,7,11-12,21H2,1-3H3/b22-5-. The number of nitrogens with zero attached hydrogens (tertiary/aromatic N) is 4. The fraction of sp³-hybridized carbons (Fsp3) is 0.182. The SMILES string of the molecule is CC/C=C\c1c(C)c2c(n1-c1ccnc3c1nc(C)n3-c1cccc(-c3cc(C4=CCCC=C4)cc(-c4ccccc4)c3)c1)C=CCC2. The highest BCUT2D eigenvalue weighted by Gasteiger charge is 2.23. The number of imidazole rings is 1. The first-order valence-corrected chi connectivity index (χ1v) is 17.2. The Kier molecular flexibility index (Phi) is 7.85. The van der Waals surface area contributed by atoms with Crippen LogP contribution in [0, 0.1) is 13.8 Å². The van der Waals surface area contributed by atoms with Crippen molar-refractivity contribution in [1.82, 2.24) is 19.1 Å². The predicted molar refractivity (Wildman–Crippen MR) is 202 cm³/mol. The van der Waals surface area contributed by atoms with Gasteiger partial charge >= 0.3 is 0 Å². The highest BCUT2D eigenvalue weighted by molar-refractivity contribution is 5.87. The number of hydrogen-bond acceptors (Lipinski definition) is 2. The molecule has 236 valence electrons. The molecule has 0 fully saturated rings. The molecule has 0 amide bonds. The summed E-state index contributed by atoms with van der Waals surface area (Å²) >= 11 is 0. The summed E-state index contributed by atoms with van der Waals surface area (Å²) in [4.78, 5) is 10.1. The van der Waals surface area contributed by atoms with E-state index in [1.807, 2.05) is 6.20 Å². The van der Waals surface area contributed by atoms with Crippen molar-refractivity contribution in [2.75, 3.05) is 0 Å². The largest absolute Gasteiger partial charge is 0.308 e. The zero-order valence-corrected chi connectivity index (χ0v) is 27.9. The van der Waals surface area contributed by atoms with Gasteiger partial charge in [-0.25, -0.2) is 9.97 Å². The molecule has 0 spiro atoms. The zero-order chi connectivity index (χ0) is 32.6. The van der Waals surface area contributed by atoms with E-state index in [9.17, 15) is 0 Å². The molecule has 3 heterocycles. The maximum absolute atomic E-state index is 5.19. The van der Waals surface area contributed by atoms with Crippen LogP contribution < -0.4 is 0 Å². The van der Waals surface area contributed by atoms with Crippen molar-refractivity contribution in [3.8, 4) is 33.6 Å². The van der Waals surface area contributed by atoms with Gasteiger partial charge in [-0.05, 0) is 139 Å². The van der Waals surface area contributed by atoms with Crippen LogP contribution >= 0.6 is 0 Å². The third-order valence-electron chi connectivity index (χ3n) is 9.72. The van der Waals surface area contributed by atoms with E-state index >= 15 is 0 Å². The summed E-state index contributed by atoms with van der Waals surface area (Å²) < 4.78 is 4.60. The van der Waals surface area contributed by atoms with Crippen LogP contribution in [0.4, 0.5) is 0 Å². The molecule has 3 aromatic carbocycles. The predicted octanol–water partition coefficient (Wildman–Crippen LogP) is 11.3. The molecule has 2 aliphatic rings. The molecular weight excluding hydrogens is 585 g/mol. The van der Waals surface area contributed by atoms with E-state index in [0.29, 0.717) is 0 Å². The summed E-state index contributed by atoms with van der Waals surface area (Å²) in [6.45, 7) is 6.53. The van der Waals surface area contributed by atoms with Crippen molar-refractivity contribution in [1.29, 1.82) is 0 Å². The van der Waals surface area contributed by atoms with Gasteiger partial charge in [0.15, 0.2) is 5.65 Å². The Morgan fingerprint density at radius 3 is 2.35 bits per heavy atom. The van der Waals surface area contributed by atoms with Crippen LogP contribution in [0.3, 0.4) is 0 Å². The molecule has 0 atom stereocenters. The van der Waals surface area contributed by atoms with Crippen LogP contribution in [0.2, 0.25) is 0 Å². The van der Waals surface area contributed by atoms with Crippen molar-refractivity contribution >= 4 is 28.9 Å². The smallest absolute Gasteiger partial charge is 0.166 e. The number of aryl methyl sites for hydroxylation is 1. The molecule has 0 saturated carbocycles. The number of hydrogen-bond donors (Lipinski definition) is 0. The molecule has 0 radical (unpaired) electrons. The number of fused-ring (bicyclic) bond motifs is 2. The lowest BCUT2D eigenvalue weighted by Gasteiger charge is -2.15. The van der Waals surface area contributed by atoms with Crippen molar-refractivity contribution in [2.24, 2.45) is 0 Å². The first-order chi connectivity index (χ1) is 23.6. The van der Waals surface area contributed by atoms with E-state index in [1.54, 1.807) is 0 Å². The van der Waals surface area contributed by atoms with Crippen molar-refractivity contribution in [2.45, 2.75) is 52.9 Å². The summed E-state index contributed by atoms with van der Waals surface area (Å²) in [5, 5.41) is 0. The van der Waals surface area contributed by atoms with Gasteiger partial charge in [-0.3, -0.25) is 4.57 Å². The average Bonchev–Trinajstić information content (AvgIpc) is 3.63. The third-order valence-corrected chi connectivity index (χ3v) is 9.72. The summed E-state index contributed by atoms with van der Waals surface area (Å²) in [5.74, 6) is 0.914. The fourth-order valence-corrected chi connectivity index (χ4v) is 7.35. The minimum atomic E-state index is 0.865. The number of benzene rings is 3. The summed E-state index contributed by atoms with van der Waals surface area (Å²) in [6.07, 6.45) is 23.2.